The molecule has 3 rings (SSSR count). The normalized spacial score (nSPS) is 19.1. The molecule has 1 N–H and O–H groups in total. The van der Waals surface area contributed by atoms with Gasteiger partial charge in [-0.3, -0.25) is 4.90 Å². The zero-order chi connectivity index (χ0) is 15.5. The summed E-state index contributed by atoms with van der Waals surface area (Å²) >= 11 is 0. The van der Waals surface area contributed by atoms with Gasteiger partial charge < -0.3 is 9.63 Å². The molecule has 0 saturated carbocycles. The quantitative estimate of drug-likeness (QED) is 0.917. The van der Waals surface area contributed by atoms with Gasteiger partial charge in [0.25, 0.3) is 0 Å². The number of benzene rings is 1. The van der Waals surface area contributed by atoms with Gasteiger partial charge in [0.15, 0.2) is 0 Å². The van der Waals surface area contributed by atoms with Crippen LogP contribution in [0.15, 0.2) is 34.9 Å². The van der Waals surface area contributed by atoms with Crippen LogP contribution in [0.2, 0.25) is 0 Å². The number of aromatic hydroxyl groups is 1. The largest absolute Gasteiger partial charge is 0.508 e. The van der Waals surface area contributed by atoms with E-state index in [9.17, 15) is 5.11 Å². The first kappa shape index (κ1) is 15.1. The summed E-state index contributed by atoms with van der Waals surface area (Å²) in [5.74, 6) is 2.36. The van der Waals surface area contributed by atoms with E-state index in [0.29, 0.717) is 17.6 Å². The highest BCUT2D eigenvalue weighted by atomic mass is 16.5. The summed E-state index contributed by atoms with van der Waals surface area (Å²) in [4.78, 5) is 2.44. The van der Waals surface area contributed by atoms with Crippen molar-refractivity contribution in [3.05, 3.63) is 47.3 Å². The molecule has 0 aliphatic carbocycles. The second-order valence-electron chi connectivity index (χ2n) is 6.64. The van der Waals surface area contributed by atoms with Crippen molar-refractivity contribution in [2.24, 2.45) is 5.92 Å². The van der Waals surface area contributed by atoms with E-state index >= 15 is 0 Å². The van der Waals surface area contributed by atoms with Crippen LogP contribution in [0.1, 0.15) is 43.2 Å². The van der Waals surface area contributed by atoms with Crippen LogP contribution in [0.5, 0.6) is 5.75 Å². The first-order valence-electron chi connectivity index (χ1n) is 8.06. The average molecular weight is 300 g/mol. The molecule has 1 unspecified atom stereocenters. The average Bonchev–Trinajstić information content (AvgIpc) is 3.09. The smallest absolute Gasteiger partial charge is 0.139 e. The first-order valence-corrected chi connectivity index (χ1v) is 8.06. The molecule has 1 aromatic carbocycles. The lowest BCUT2D eigenvalue weighted by Crippen LogP contribution is -2.20. The minimum Gasteiger partial charge on any atom is -0.508 e. The predicted octanol–water partition coefficient (Wildman–Crippen LogP) is 3.57. The highest BCUT2D eigenvalue weighted by molar-refractivity contribution is 5.27. The maximum absolute atomic E-state index is 9.55. The van der Waals surface area contributed by atoms with Gasteiger partial charge >= 0.3 is 0 Å². The Labute approximate surface area is 131 Å². The lowest BCUT2D eigenvalue weighted by molar-refractivity contribution is 0.298. The maximum atomic E-state index is 9.55. The molecule has 22 heavy (non-hydrogen) atoms. The summed E-state index contributed by atoms with van der Waals surface area (Å²) in [7, 11) is 0. The molecule has 2 aromatic rings. The molecule has 4 heteroatoms. The molecule has 1 aliphatic heterocycles. The fraction of sp³-hybridized carbons (Fsp3) is 0.500. The highest BCUT2D eigenvalue weighted by Crippen LogP contribution is 2.24. The third-order valence-electron chi connectivity index (χ3n) is 4.34. The highest BCUT2D eigenvalue weighted by Gasteiger charge is 2.23. The Bertz CT molecular complexity index is 621. The van der Waals surface area contributed by atoms with E-state index in [1.54, 1.807) is 6.07 Å². The lowest BCUT2D eigenvalue weighted by atomic mass is 9.98. The summed E-state index contributed by atoms with van der Waals surface area (Å²) in [5.41, 5.74) is 2.25. The predicted molar refractivity (Wildman–Crippen MR) is 85.8 cm³/mol. The number of hydrogen-bond donors (Lipinski definition) is 1. The fourth-order valence-electron chi connectivity index (χ4n) is 3.14. The van der Waals surface area contributed by atoms with E-state index in [2.05, 4.69) is 36.0 Å². The molecule has 0 amide bonds. The van der Waals surface area contributed by atoms with Crippen molar-refractivity contribution in [1.29, 1.82) is 0 Å². The molecule has 2 heterocycles. The zero-order valence-electron chi connectivity index (χ0n) is 13.3. The van der Waals surface area contributed by atoms with Crippen molar-refractivity contribution in [2.45, 2.75) is 39.2 Å². The molecule has 0 spiro atoms. The fourth-order valence-corrected chi connectivity index (χ4v) is 3.14. The van der Waals surface area contributed by atoms with Crippen molar-refractivity contribution in [3.63, 3.8) is 0 Å². The summed E-state index contributed by atoms with van der Waals surface area (Å²) in [5, 5.41) is 13.7. The Morgan fingerprint density at radius 3 is 2.95 bits per heavy atom. The Morgan fingerprint density at radius 1 is 1.36 bits per heavy atom. The molecule has 4 nitrogen and oxygen atoms in total. The Balaban J connectivity index is 1.53. The van der Waals surface area contributed by atoms with Gasteiger partial charge in [0.1, 0.15) is 11.5 Å². The van der Waals surface area contributed by atoms with Crippen LogP contribution in [0, 0.1) is 5.92 Å². The van der Waals surface area contributed by atoms with Gasteiger partial charge in [-0.2, -0.15) is 0 Å². The third-order valence-corrected chi connectivity index (χ3v) is 4.34. The number of likely N-dealkylation sites (tertiary alicyclic amines) is 1. The van der Waals surface area contributed by atoms with E-state index in [1.165, 1.54) is 12.0 Å². The summed E-state index contributed by atoms with van der Waals surface area (Å²) in [6.07, 6.45) is 2.23. The van der Waals surface area contributed by atoms with Crippen LogP contribution in [-0.4, -0.2) is 28.3 Å². The molecule has 1 aliphatic rings. The monoisotopic (exact) mass is 300 g/mol. The van der Waals surface area contributed by atoms with E-state index in [4.69, 9.17) is 4.52 Å². The Morgan fingerprint density at radius 2 is 2.23 bits per heavy atom. The Hall–Kier alpha value is -1.81. The van der Waals surface area contributed by atoms with Gasteiger partial charge in [0, 0.05) is 25.1 Å². The zero-order valence-corrected chi connectivity index (χ0v) is 13.3. The van der Waals surface area contributed by atoms with Gasteiger partial charge in [-0.05, 0) is 43.0 Å². The number of nitrogens with zero attached hydrogens (tertiary/aromatic N) is 2. The second-order valence-corrected chi connectivity index (χ2v) is 6.64. The first-order chi connectivity index (χ1) is 10.6. The van der Waals surface area contributed by atoms with Crippen LogP contribution in [-0.2, 0) is 13.0 Å². The second kappa shape index (κ2) is 6.53. The maximum Gasteiger partial charge on any atom is 0.139 e. The molecule has 118 valence electrons. The molecule has 1 saturated heterocycles. The van der Waals surface area contributed by atoms with Gasteiger partial charge in [0.05, 0.1) is 5.69 Å². The number of aromatic nitrogens is 1. The van der Waals surface area contributed by atoms with Crippen LogP contribution in [0.3, 0.4) is 0 Å². The van der Waals surface area contributed by atoms with Crippen molar-refractivity contribution in [3.8, 4) is 5.75 Å². The molecule has 1 fully saturated rings. The third kappa shape index (κ3) is 3.69. The molecule has 1 aromatic heterocycles. The van der Waals surface area contributed by atoms with E-state index < -0.39 is 0 Å². The number of phenolic OH excluding ortho intramolecular Hbond substituents is 1. The molecular weight excluding hydrogens is 276 g/mol. The molecule has 1 atom stereocenters. The number of hydrogen-bond acceptors (Lipinski definition) is 4. The van der Waals surface area contributed by atoms with E-state index in [0.717, 1.165) is 37.5 Å². The van der Waals surface area contributed by atoms with Gasteiger partial charge in [0.2, 0.25) is 0 Å². The van der Waals surface area contributed by atoms with Crippen LogP contribution in [0.4, 0.5) is 0 Å². The van der Waals surface area contributed by atoms with Gasteiger partial charge in [-0.25, -0.2) is 0 Å². The summed E-state index contributed by atoms with van der Waals surface area (Å²) < 4.78 is 5.37. The number of phenols is 1. The van der Waals surface area contributed by atoms with E-state index in [1.807, 2.05) is 12.1 Å². The van der Waals surface area contributed by atoms with Crippen molar-refractivity contribution < 1.29 is 9.63 Å². The van der Waals surface area contributed by atoms with Crippen LogP contribution >= 0.6 is 0 Å². The summed E-state index contributed by atoms with van der Waals surface area (Å²) in [6.45, 7) is 7.29. The topological polar surface area (TPSA) is 49.5 Å². The molecule has 0 bridgehead atoms. The van der Waals surface area contributed by atoms with E-state index in [-0.39, 0.29) is 0 Å². The van der Waals surface area contributed by atoms with Crippen LogP contribution < -0.4 is 0 Å². The Kier molecular flexibility index (Phi) is 4.48. The SMILES string of the molecule is CC(C)c1cc(CN2CCC(Cc3cccc(O)c3)C2)no1. The minimum atomic E-state index is 0.358. The standard InChI is InChI=1S/C18H24N2O2/c1-13(2)18-10-16(19-22-18)12-20-7-6-15(11-20)8-14-4-3-5-17(21)9-14/h3-5,9-10,13,15,21H,6-8,11-12H2,1-2H3. The van der Waals surface area contributed by atoms with Crippen molar-refractivity contribution in [2.75, 3.05) is 13.1 Å². The van der Waals surface area contributed by atoms with Gasteiger partial charge in [-0.15, -0.1) is 0 Å². The molecule has 0 radical (unpaired) electrons. The van der Waals surface area contributed by atoms with Crippen molar-refractivity contribution in [1.82, 2.24) is 10.1 Å². The van der Waals surface area contributed by atoms with Gasteiger partial charge in [-0.1, -0.05) is 31.1 Å². The summed E-state index contributed by atoms with van der Waals surface area (Å²) in [6, 6.07) is 9.68. The number of rotatable bonds is 5. The minimum absolute atomic E-state index is 0.358. The molecular formula is C18H24N2O2. The lowest BCUT2D eigenvalue weighted by Gasteiger charge is -2.14. The van der Waals surface area contributed by atoms with Crippen LogP contribution in [0.25, 0.3) is 0 Å². The van der Waals surface area contributed by atoms with Crippen molar-refractivity contribution >= 4 is 0 Å².